The van der Waals surface area contributed by atoms with Crippen molar-refractivity contribution in [2.24, 2.45) is 5.92 Å². The fourth-order valence-electron chi connectivity index (χ4n) is 4.42. The highest BCUT2D eigenvalue weighted by molar-refractivity contribution is 5.70. The summed E-state index contributed by atoms with van der Waals surface area (Å²) in [5.74, 6) is -1.67. The van der Waals surface area contributed by atoms with E-state index < -0.39 is 11.8 Å². The average Bonchev–Trinajstić information content (AvgIpc) is 2.81. The van der Waals surface area contributed by atoms with Gasteiger partial charge in [0.2, 0.25) is 0 Å². The first-order valence-electron chi connectivity index (χ1n) is 11.1. The zero-order valence-electron chi connectivity index (χ0n) is 18.4. The van der Waals surface area contributed by atoms with Gasteiger partial charge in [-0.2, -0.15) is 0 Å². The van der Waals surface area contributed by atoms with Crippen LogP contribution in [-0.4, -0.2) is 29.1 Å². The van der Waals surface area contributed by atoms with Crippen LogP contribution in [0.2, 0.25) is 0 Å². The SMILES string of the molecule is C[C@@H](CN[C@H](c1ccccc1)[C@H]1CNc2cc(F)cnc2C1)c1ccc(F)c(CC(=O)O)c1. The molecule has 0 spiro atoms. The summed E-state index contributed by atoms with van der Waals surface area (Å²) in [6.07, 6.45) is 1.62. The minimum Gasteiger partial charge on any atom is -0.481 e. The van der Waals surface area contributed by atoms with Crippen molar-refractivity contribution in [1.29, 1.82) is 0 Å². The first kappa shape index (κ1) is 22.9. The molecule has 7 heteroatoms. The van der Waals surface area contributed by atoms with Gasteiger partial charge >= 0.3 is 5.97 Å². The highest BCUT2D eigenvalue weighted by Crippen LogP contribution is 2.32. The summed E-state index contributed by atoms with van der Waals surface area (Å²) < 4.78 is 27.5. The number of hydrogen-bond acceptors (Lipinski definition) is 4. The largest absolute Gasteiger partial charge is 0.481 e. The minimum absolute atomic E-state index is 0.0279. The molecule has 0 aliphatic carbocycles. The van der Waals surface area contributed by atoms with Gasteiger partial charge in [0.25, 0.3) is 0 Å². The fraction of sp³-hybridized carbons (Fsp3) is 0.308. The Bertz CT molecular complexity index is 1120. The molecule has 3 N–H and O–H groups in total. The maximum Gasteiger partial charge on any atom is 0.307 e. The Morgan fingerprint density at radius 1 is 1.18 bits per heavy atom. The van der Waals surface area contributed by atoms with Crippen LogP contribution in [0, 0.1) is 17.6 Å². The van der Waals surface area contributed by atoms with Gasteiger partial charge in [0.15, 0.2) is 0 Å². The van der Waals surface area contributed by atoms with Crippen LogP contribution in [0.25, 0.3) is 0 Å². The Morgan fingerprint density at radius 2 is 1.97 bits per heavy atom. The molecule has 1 aromatic heterocycles. The number of nitrogens with zero attached hydrogens (tertiary/aromatic N) is 1. The van der Waals surface area contributed by atoms with Crippen LogP contribution in [0.4, 0.5) is 14.5 Å². The Labute approximate surface area is 191 Å². The molecular weight excluding hydrogens is 424 g/mol. The molecule has 3 aromatic rings. The van der Waals surface area contributed by atoms with Gasteiger partial charge in [-0.3, -0.25) is 9.78 Å². The lowest BCUT2D eigenvalue weighted by Gasteiger charge is -2.33. The van der Waals surface area contributed by atoms with Gasteiger partial charge in [-0.25, -0.2) is 8.78 Å². The third kappa shape index (κ3) is 5.54. The summed E-state index contributed by atoms with van der Waals surface area (Å²) in [5.41, 5.74) is 3.81. The molecule has 0 unspecified atom stereocenters. The van der Waals surface area contributed by atoms with E-state index in [9.17, 15) is 13.6 Å². The lowest BCUT2D eigenvalue weighted by atomic mass is 9.86. The Kier molecular flexibility index (Phi) is 6.99. The van der Waals surface area contributed by atoms with Crippen LogP contribution in [0.15, 0.2) is 60.8 Å². The van der Waals surface area contributed by atoms with E-state index in [1.807, 2.05) is 25.1 Å². The summed E-state index contributed by atoms with van der Waals surface area (Å²) >= 11 is 0. The molecule has 172 valence electrons. The molecule has 33 heavy (non-hydrogen) atoms. The molecule has 0 radical (unpaired) electrons. The highest BCUT2D eigenvalue weighted by Gasteiger charge is 2.28. The summed E-state index contributed by atoms with van der Waals surface area (Å²) in [4.78, 5) is 15.3. The fourth-order valence-corrected chi connectivity index (χ4v) is 4.42. The number of hydrogen-bond donors (Lipinski definition) is 3. The summed E-state index contributed by atoms with van der Waals surface area (Å²) in [6, 6.07) is 16.3. The van der Waals surface area contributed by atoms with Gasteiger partial charge in [0.1, 0.15) is 11.6 Å². The molecule has 0 bridgehead atoms. The number of halogens is 2. The predicted molar refractivity (Wildman–Crippen MR) is 123 cm³/mol. The second-order valence-electron chi connectivity index (χ2n) is 8.61. The summed E-state index contributed by atoms with van der Waals surface area (Å²) in [5, 5.41) is 16.0. The number of fused-ring (bicyclic) bond motifs is 1. The van der Waals surface area contributed by atoms with Gasteiger partial charge in [-0.05, 0) is 35.1 Å². The molecule has 1 aliphatic heterocycles. The number of carboxylic acids is 1. The third-order valence-electron chi connectivity index (χ3n) is 6.20. The van der Waals surface area contributed by atoms with Crippen molar-refractivity contribution < 1.29 is 18.7 Å². The maximum atomic E-state index is 14.0. The van der Waals surface area contributed by atoms with Gasteiger partial charge in [0, 0.05) is 31.1 Å². The van der Waals surface area contributed by atoms with Gasteiger partial charge in [0.05, 0.1) is 24.0 Å². The first-order chi connectivity index (χ1) is 15.9. The molecule has 0 amide bonds. The van der Waals surface area contributed by atoms with Crippen molar-refractivity contribution in [1.82, 2.24) is 10.3 Å². The number of anilines is 1. The molecule has 0 saturated heterocycles. The van der Waals surface area contributed by atoms with Crippen LogP contribution >= 0.6 is 0 Å². The quantitative estimate of drug-likeness (QED) is 0.463. The number of rotatable bonds is 8. The predicted octanol–water partition coefficient (Wildman–Crippen LogP) is 4.71. The molecule has 5 nitrogen and oxygen atoms in total. The number of carbonyl (C=O) groups is 1. The topological polar surface area (TPSA) is 74.2 Å². The van der Waals surface area contributed by atoms with Crippen molar-refractivity contribution in [3.63, 3.8) is 0 Å². The number of carboxylic acid groups (broad SMARTS) is 1. The second kappa shape index (κ2) is 10.1. The summed E-state index contributed by atoms with van der Waals surface area (Å²) in [7, 11) is 0. The highest BCUT2D eigenvalue weighted by atomic mass is 19.1. The minimum atomic E-state index is -1.06. The molecule has 3 atom stereocenters. The van der Waals surface area contributed by atoms with E-state index in [1.54, 1.807) is 12.1 Å². The van der Waals surface area contributed by atoms with E-state index in [4.69, 9.17) is 5.11 Å². The Morgan fingerprint density at radius 3 is 2.73 bits per heavy atom. The number of aliphatic carboxylic acids is 1. The molecule has 0 saturated carbocycles. The lowest BCUT2D eigenvalue weighted by molar-refractivity contribution is -0.136. The smallest absolute Gasteiger partial charge is 0.307 e. The zero-order valence-corrected chi connectivity index (χ0v) is 18.4. The maximum absolute atomic E-state index is 14.0. The van der Waals surface area contributed by atoms with Crippen molar-refractivity contribution in [2.75, 3.05) is 18.4 Å². The van der Waals surface area contributed by atoms with Crippen LogP contribution in [0.1, 0.15) is 41.3 Å². The number of aromatic nitrogens is 1. The van der Waals surface area contributed by atoms with Crippen molar-refractivity contribution in [3.05, 3.63) is 94.8 Å². The van der Waals surface area contributed by atoms with Crippen LogP contribution in [0.5, 0.6) is 0 Å². The Hall–Kier alpha value is -3.32. The van der Waals surface area contributed by atoms with Crippen molar-refractivity contribution >= 4 is 11.7 Å². The van der Waals surface area contributed by atoms with Gasteiger partial charge < -0.3 is 15.7 Å². The Balaban J connectivity index is 1.51. The first-order valence-corrected chi connectivity index (χ1v) is 11.1. The van der Waals surface area contributed by atoms with E-state index in [-0.39, 0.29) is 35.7 Å². The van der Waals surface area contributed by atoms with Crippen molar-refractivity contribution in [2.45, 2.75) is 31.7 Å². The second-order valence-corrected chi connectivity index (χ2v) is 8.61. The monoisotopic (exact) mass is 451 g/mol. The van der Waals surface area contributed by atoms with E-state index in [2.05, 4.69) is 27.8 Å². The van der Waals surface area contributed by atoms with E-state index >= 15 is 0 Å². The third-order valence-corrected chi connectivity index (χ3v) is 6.20. The van der Waals surface area contributed by atoms with Crippen LogP contribution in [0.3, 0.4) is 0 Å². The number of pyridine rings is 1. The van der Waals surface area contributed by atoms with Gasteiger partial charge in [-0.1, -0.05) is 49.4 Å². The molecular formula is C26H27F2N3O2. The molecule has 4 rings (SSSR count). The number of benzene rings is 2. The average molecular weight is 452 g/mol. The van der Waals surface area contributed by atoms with E-state index in [0.29, 0.717) is 19.5 Å². The molecule has 0 fully saturated rings. The molecule has 2 heterocycles. The zero-order chi connectivity index (χ0) is 23.4. The summed E-state index contributed by atoms with van der Waals surface area (Å²) in [6.45, 7) is 3.34. The van der Waals surface area contributed by atoms with E-state index in [0.717, 1.165) is 22.5 Å². The number of nitrogens with one attached hydrogen (secondary N) is 2. The van der Waals surface area contributed by atoms with Crippen LogP contribution in [-0.2, 0) is 17.6 Å². The normalized spacial score (nSPS) is 17.0. The van der Waals surface area contributed by atoms with Crippen molar-refractivity contribution in [3.8, 4) is 0 Å². The molecule has 2 aromatic carbocycles. The standard InChI is InChI=1S/C26H27F2N3O2/c1-16(18-7-8-22(28)19(9-18)11-25(32)33)13-31-26(17-5-3-2-4-6-17)20-10-23-24(29-14-20)12-21(27)15-30-23/h2-9,12,15-16,20,26,29,31H,10-11,13-14H2,1H3,(H,32,33)/t16-,20+,26+/m0/s1. The molecule has 1 aliphatic rings. The van der Waals surface area contributed by atoms with Crippen LogP contribution < -0.4 is 10.6 Å². The van der Waals surface area contributed by atoms with E-state index in [1.165, 1.54) is 18.3 Å². The lowest BCUT2D eigenvalue weighted by Crippen LogP contribution is -2.37. The van der Waals surface area contributed by atoms with Gasteiger partial charge in [-0.15, -0.1) is 0 Å².